The predicted octanol–water partition coefficient (Wildman–Crippen LogP) is 2.77. The second-order valence-corrected chi connectivity index (χ2v) is 4.35. The molecule has 0 saturated heterocycles. The number of halogens is 1. The summed E-state index contributed by atoms with van der Waals surface area (Å²) in [4.78, 5) is 11.5. The summed E-state index contributed by atoms with van der Waals surface area (Å²) in [6.45, 7) is 1.67. The van der Waals surface area contributed by atoms with Gasteiger partial charge in [-0.2, -0.15) is 0 Å². The summed E-state index contributed by atoms with van der Waals surface area (Å²) < 4.78 is 13.6. The minimum Gasteiger partial charge on any atom is -0.370 e. The van der Waals surface area contributed by atoms with Gasteiger partial charge in [-0.25, -0.2) is 4.39 Å². The van der Waals surface area contributed by atoms with E-state index in [1.807, 2.05) is 30.3 Å². The lowest BCUT2D eigenvalue weighted by atomic mass is 10.0. The number of aryl methyl sites for hydroxylation is 1. The van der Waals surface area contributed by atoms with E-state index in [-0.39, 0.29) is 5.82 Å². The molecular formula is C15H15FN2O. The van der Waals surface area contributed by atoms with E-state index in [1.54, 1.807) is 19.1 Å². The van der Waals surface area contributed by atoms with Crippen LogP contribution in [0.5, 0.6) is 0 Å². The van der Waals surface area contributed by atoms with E-state index in [2.05, 4.69) is 5.32 Å². The van der Waals surface area contributed by atoms with E-state index in [0.29, 0.717) is 11.1 Å². The molecule has 19 heavy (non-hydrogen) atoms. The van der Waals surface area contributed by atoms with Gasteiger partial charge in [0.05, 0.1) is 0 Å². The number of carbonyl (C=O) groups is 1. The smallest absolute Gasteiger partial charge is 0.244 e. The Bertz CT molecular complexity index is 584. The Hall–Kier alpha value is -2.36. The fourth-order valence-electron chi connectivity index (χ4n) is 1.81. The first-order valence-corrected chi connectivity index (χ1v) is 5.95. The zero-order chi connectivity index (χ0) is 13.8. The first kappa shape index (κ1) is 13.1. The highest BCUT2D eigenvalue weighted by Gasteiger charge is 2.18. The molecule has 0 aliphatic heterocycles. The van der Waals surface area contributed by atoms with Gasteiger partial charge in [0.1, 0.15) is 11.9 Å². The third-order valence-electron chi connectivity index (χ3n) is 2.90. The second-order valence-electron chi connectivity index (χ2n) is 4.35. The van der Waals surface area contributed by atoms with E-state index in [0.717, 1.165) is 5.69 Å². The van der Waals surface area contributed by atoms with Crippen LogP contribution in [0.3, 0.4) is 0 Å². The molecule has 0 heterocycles. The van der Waals surface area contributed by atoms with Crippen molar-refractivity contribution in [3.63, 3.8) is 0 Å². The standard InChI is InChI=1S/C15H15FN2O/c1-10-7-8-11(9-13(10)16)14(15(17)19)18-12-5-3-2-4-6-12/h2-9,14,18H,1H3,(H2,17,19). The zero-order valence-electron chi connectivity index (χ0n) is 10.6. The molecule has 0 fully saturated rings. The molecule has 2 aromatic carbocycles. The molecule has 3 nitrogen and oxygen atoms in total. The molecule has 0 bridgehead atoms. The van der Waals surface area contributed by atoms with Crippen LogP contribution in [0.25, 0.3) is 0 Å². The first-order chi connectivity index (χ1) is 9.08. The molecule has 1 atom stereocenters. The second kappa shape index (κ2) is 5.52. The average Bonchev–Trinajstić information content (AvgIpc) is 2.40. The van der Waals surface area contributed by atoms with Crippen molar-refractivity contribution in [2.75, 3.05) is 5.32 Å². The van der Waals surface area contributed by atoms with E-state index in [4.69, 9.17) is 5.73 Å². The molecule has 0 aromatic heterocycles. The van der Waals surface area contributed by atoms with Crippen LogP contribution in [0.4, 0.5) is 10.1 Å². The lowest BCUT2D eigenvalue weighted by Crippen LogP contribution is -2.27. The van der Waals surface area contributed by atoms with Crippen LogP contribution in [-0.4, -0.2) is 5.91 Å². The lowest BCUT2D eigenvalue weighted by molar-refractivity contribution is -0.118. The van der Waals surface area contributed by atoms with Gasteiger partial charge in [-0.3, -0.25) is 4.79 Å². The van der Waals surface area contributed by atoms with Crippen molar-refractivity contribution in [3.8, 4) is 0 Å². The monoisotopic (exact) mass is 258 g/mol. The molecule has 4 heteroatoms. The Kier molecular flexibility index (Phi) is 3.80. The van der Waals surface area contributed by atoms with Gasteiger partial charge in [0, 0.05) is 5.69 Å². The minimum atomic E-state index is -0.752. The number of nitrogens with one attached hydrogen (secondary N) is 1. The summed E-state index contributed by atoms with van der Waals surface area (Å²) in [7, 11) is 0. The Morgan fingerprint density at radius 3 is 2.47 bits per heavy atom. The van der Waals surface area contributed by atoms with Gasteiger partial charge in [0.2, 0.25) is 5.91 Å². The molecule has 0 aliphatic carbocycles. The van der Waals surface area contributed by atoms with Gasteiger partial charge in [-0.15, -0.1) is 0 Å². The number of benzene rings is 2. The quantitative estimate of drug-likeness (QED) is 0.886. The van der Waals surface area contributed by atoms with Crippen LogP contribution < -0.4 is 11.1 Å². The van der Waals surface area contributed by atoms with Crippen LogP contribution in [0.2, 0.25) is 0 Å². The maximum absolute atomic E-state index is 13.6. The van der Waals surface area contributed by atoms with Crippen molar-refractivity contribution >= 4 is 11.6 Å². The van der Waals surface area contributed by atoms with Gasteiger partial charge in [0.15, 0.2) is 0 Å². The van der Waals surface area contributed by atoms with E-state index in [1.165, 1.54) is 6.07 Å². The fraction of sp³-hybridized carbons (Fsp3) is 0.133. The Morgan fingerprint density at radius 1 is 1.21 bits per heavy atom. The molecule has 98 valence electrons. The summed E-state index contributed by atoms with van der Waals surface area (Å²) in [5, 5.41) is 3.00. The highest BCUT2D eigenvalue weighted by atomic mass is 19.1. The number of amides is 1. The predicted molar refractivity (Wildman–Crippen MR) is 73.1 cm³/mol. The van der Waals surface area contributed by atoms with Gasteiger partial charge >= 0.3 is 0 Å². The normalized spacial score (nSPS) is 11.9. The molecular weight excluding hydrogens is 243 g/mol. The summed E-state index contributed by atoms with van der Waals surface area (Å²) in [5.41, 5.74) is 7.18. The summed E-state index contributed by atoms with van der Waals surface area (Å²) in [5.74, 6) is -0.897. The molecule has 0 aliphatic rings. The Balaban J connectivity index is 2.30. The number of rotatable bonds is 4. The highest BCUT2D eigenvalue weighted by molar-refractivity contribution is 5.84. The third kappa shape index (κ3) is 3.10. The molecule has 1 amide bonds. The average molecular weight is 258 g/mol. The molecule has 0 saturated carbocycles. The van der Waals surface area contributed by atoms with Crippen LogP contribution >= 0.6 is 0 Å². The highest BCUT2D eigenvalue weighted by Crippen LogP contribution is 2.21. The van der Waals surface area contributed by atoms with Crippen LogP contribution in [-0.2, 0) is 4.79 Å². The summed E-state index contributed by atoms with van der Waals surface area (Å²) in [6.07, 6.45) is 0. The molecule has 0 radical (unpaired) electrons. The van der Waals surface area contributed by atoms with Crippen LogP contribution in [0.15, 0.2) is 48.5 Å². The molecule has 0 spiro atoms. The van der Waals surface area contributed by atoms with Crippen molar-refractivity contribution in [2.24, 2.45) is 5.73 Å². The van der Waals surface area contributed by atoms with E-state index in [9.17, 15) is 9.18 Å². The number of hydrogen-bond acceptors (Lipinski definition) is 2. The lowest BCUT2D eigenvalue weighted by Gasteiger charge is -2.17. The molecule has 3 N–H and O–H groups in total. The number of para-hydroxylation sites is 1. The minimum absolute atomic E-state index is 0.349. The van der Waals surface area contributed by atoms with Gasteiger partial charge in [-0.1, -0.05) is 30.3 Å². The maximum atomic E-state index is 13.6. The number of primary amides is 1. The Morgan fingerprint density at radius 2 is 1.89 bits per heavy atom. The first-order valence-electron chi connectivity index (χ1n) is 5.95. The van der Waals surface area contributed by atoms with Gasteiger partial charge in [-0.05, 0) is 36.2 Å². The number of hydrogen-bond donors (Lipinski definition) is 2. The van der Waals surface area contributed by atoms with Crippen molar-refractivity contribution < 1.29 is 9.18 Å². The van der Waals surface area contributed by atoms with Crippen molar-refractivity contribution in [3.05, 3.63) is 65.5 Å². The zero-order valence-corrected chi connectivity index (χ0v) is 10.6. The molecule has 1 unspecified atom stereocenters. The van der Waals surface area contributed by atoms with Crippen molar-refractivity contribution in [1.82, 2.24) is 0 Å². The van der Waals surface area contributed by atoms with Crippen LogP contribution in [0, 0.1) is 12.7 Å². The number of carbonyl (C=O) groups excluding carboxylic acids is 1. The van der Waals surface area contributed by atoms with Gasteiger partial charge in [0.25, 0.3) is 0 Å². The van der Waals surface area contributed by atoms with Gasteiger partial charge < -0.3 is 11.1 Å². The SMILES string of the molecule is Cc1ccc(C(Nc2ccccc2)C(N)=O)cc1F. The molecule has 2 aromatic rings. The number of nitrogens with two attached hydrogens (primary N) is 1. The third-order valence-corrected chi connectivity index (χ3v) is 2.90. The van der Waals surface area contributed by atoms with Crippen molar-refractivity contribution in [2.45, 2.75) is 13.0 Å². The van der Waals surface area contributed by atoms with Crippen molar-refractivity contribution in [1.29, 1.82) is 0 Å². The van der Waals surface area contributed by atoms with Crippen LogP contribution in [0.1, 0.15) is 17.2 Å². The summed E-state index contributed by atoms with van der Waals surface area (Å²) in [6, 6.07) is 13.1. The molecule has 2 rings (SSSR count). The fourth-order valence-corrected chi connectivity index (χ4v) is 1.81. The van der Waals surface area contributed by atoms with E-state index < -0.39 is 11.9 Å². The summed E-state index contributed by atoms with van der Waals surface area (Å²) >= 11 is 0. The largest absolute Gasteiger partial charge is 0.370 e. The Labute approximate surface area is 111 Å². The maximum Gasteiger partial charge on any atom is 0.244 e. The topological polar surface area (TPSA) is 55.1 Å². The number of anilines is 1. The van der Waals surface area contributed by atoms with E-state index >= 15 is 0 Å².